The minimum atomic E-state index is -3.83. The minimum Gasteiger partial charge on any atom is -0.497 e. The van der Waals surface area contributed by atoms with Crippen molar-refractivity contribution in [2.45, 2.75) is 39.4 Å². The average molecular weight is 480 g/mol. The lowest BCUT2D eigenvalue weighted by Crippen LogP contribution is -2.52. The van der Waals surface area contributed by atoms with Crippen molar-refractivity contribution in [3.8, 4) is 5.75 Å². The number of anilines is 1. The predicted molar refractivity (Wildman–Crippen MR) is 125 cm³/mol. The number of carbonyl (C=O) groups excluding carboxylic acids is 2. The Bertz CT molecular complexity index is 1070. The molecule has 0 unspecified atom stereocenters. The second-order valence-corrected chi connectivity index (χ2v) is 9.87. The highest BCUT2D eigenvalue weighted by Crippen LogP contribution is 2.23. The standard InChI is InChI=1S/C23H30FN3O5S/c1-16(2)25-23(29)17(3)26(14-18-9-11-19(24)12-10-18)22(28)15-27(33(5,30)31)20-7-6-8-21(13-20)32-4/h6-13,16-17H,14-15H2,1-5H3,(H,25,29)/t17-/m1/s1. The average Bonchev–Trinajstić information content (AvgIpc) is 2.75. The van der Waals surface area contributed by atoms with Crippen LogP contribution in [0.25, 0.3) is 0 Å². The molecule has 33 heavy (non-hydrogen) atoms. The van der Waals surface area contributed by atoms with Gasteiger partial charge in [0, 0.05) is 18.7 Å². The van der Waals surface area contributed by atoms with Crippen molar-refractivity contribution < 1.29 is 27.1 Å². The van der Waals surface area contributed by atoms with Gasteiger partial charge in [-0.2, -0.15) is 0 Å². The van der Waals surface area contributed by atoms with Crippen LogP contribution in [0, 0.1) is 5.82 Å². The van der Waals surface area contributed by atoms with Crippen molar-refractivity contribution in [1.82, 2.24) is 10.2 Å². The maximum absolute atomic E-state index is 13.4. The molecule has 2 amide bonds. The number of benzene rings is 2. The van der Waals surface area contributed by atoms with E-state index in [0.29, 0.717) is 11.3 Å². The SMILES string of the molecule is COc1cccc(N(CC(=O)N(Cc2ccc(F)cc2)[C@H](C)C(=O)NC(C)C)S(C)(=O)=O)c1. The molecule has 0 aliphatic heterocycles. The molecule has 2 aromatic rings. The van der Waals surface area contributed by atoms with Gasteiger partial charge in [0.05, 0.1) is 19.1 Å². The van der Waals surface area contributed by atoms with E-state index in [1.807, 2.05) is 0 Å². The van der Waals surface area contributed by atoms with Crippen LogP contribution in [0.4, 0.5) is 10.1 Å². The van der Waals surface area contributed by atoms with Crippen molar-refractivity contribution in [3.63, 3.8) is 0 Å². The first-order valence-corrected chi connectivity index (χ1v) is 12.2. The Kier molecular flexibility index (Phi) is 8.81. The lowest BCUT2D eigenvalue weighted by atomic mass is 10.1. The first-order chi connectivity index (χ1) is 15.4. The Hall–Kier alpha value is -3.14. The summed E-state index contributed by atoms with van der Waals surface area (Å²) in [5, 5.41) is 2.76. The van der Waals surface area contributed by atoms with Gasteiger partial charge in [-0.15, -0.1) is 0 Å². The molecule has 0 radical (unpaired) electrons. The zero-order chi connectivity index (χ0) is 24.8. The Morgan fingerprint density at radius 1 is 1.09 bits per heavy atom. The summed E-state index contributed by atoms with van der Waals surface area (Å²) in [7, 11) is -2.38. The largest absolute Gasteiger partial charge is 0.497 e. The van der Waals surface area contributed by atoms with Gasteiger partial charge in [-0.25, -0.2) is 12.8 Å². The molecule has 2 rings (SSSR count). The van der Waals surface area contributed by atoms with Crippen LogP contribution in [0.2, 0.25) is 0 Å². The highest BCUT2D eigenvalue weighted by molar-refractivity contribution is 7.92. The lowest BCUT2D eigenvalue weighted by Gasteiger charge is -2.32. The number of hydrogen-bond acceptors (Lipinski definition) is 5. The number of amides is 2. The molecule has 2 aromatic carbocycles. The fraction of sp³-hybridized carbons (Fsp3) is 0.391. The van der Waals surface area contributed by atoms with Gasteiger partial charge in [0.25, 0.3) is 0 Å². The Morgan fingerprint density at radius 3 is 2.27 bits per heavy atom. The number of sulfonamides is 1. The zero-order valence-corrected chi connectivity index (χ0v) is 20.2. The summed E-state index contributed by atoms with van der Waals surface area (Å²) in [6.07, 6.45) is 0.999. The molecular formula is C23H30FN3O5S. The number of hydrogen-bond donors (Lipinski definition) is 1. The van der Waals surface area contributed by atoms with Gasteiger partial charge in [-0.3, -0.25) is 13.9 Å². The monoisotopic (exact) mass is 479 g/mol. The summed E-state index contributed by atoms with van der Waals surface area (Å²) in [6, 6.07) is 10.8. The molecule has 1 N–H and O–H groups in total. The van der Waals surface area contributed by atoms with Crippen LogP contribution in [0.5, 0.6) is 5.75 Å². The predicted octanol–water partition coefficient (Wildman–Crippen LogP) is 2.54. The van der Waals surface area contributed by atoms with E-state index in [1.54, 1.807) is 39.0 Å². The molecule has 10 heteroatoms. The molecule has 1 atom stereocenters. The number of rotatable bonds is 10. The second-order valence-electron chi connectivity index (χ2n) is 7.96. The maximum atomic E-state index is 13.4. The van der Waals surface area contributed by atoms with E-state index >= 15 is 0 Å². The van der Waals surface area contributed by atoms with Crippen LogP contribution < -0.4 is 14.4 Å². The van der Waals surface area contributed by atoms with E-state index in [4.69, 9.17) is 4.74 Å². The van der Waals surface area contributed by atoms with Crippen LogP contribution in [0.3, 0.4) is 0 Å². The summed E-state index contributed by atoms with van der Waals surface area (Å²) in [6.45, 7) is 4.64. The molecule has 0 aliphatic carbocycles. The van der Waals surface area contributed by atoms with Gasteiger partial charge in [0.1, 0.15) is 24.2 Å². The van der Waals surface area contributed by atoms with Crippen LogP contribution in [-0.4, -0.2) is 57.1 Å². The van der Waals surface area contributed by atoms with Gasteiger partial charge in [-0.1, -0.05) is 18.2 Å². The van der Waals surface area contributed by atoms with Gasteiger partial charge >= 0.3 is 0 Å². The molecule has 0 saturated heterocycles. The highest BCUT2D eigenvalue weighted by Gasteiger charge is 2.30. The van der Waals surface area contributed by atoms with Crippen molar-refractivity contribution in [2.75, 3.05) is 24.2 Å². The maximum Gasteiger partial charge on any atom is 0.244 e. The molecular weight excluding hydrogens is 449 g/mol. The Labute approximate surface area is 194 Å². The van der Waals surface area contributed by atoms with Crippen LogP contribution in [0.1, 0.15) is 26.3 Å². The fourth-order valence-corrected chi connectivity index (χ4v) is 4.00. The zero-order valence-electron chi connectivity index (χ0n) is 19.4. The van der Waals surface area contributed by atoms with E-state index in [2.05, 4.69) is 5.32 Å². The number of carbonyl (C=O) groups is 2. The van der Waals surface area contributed by atoms with Gasteiger partial charge in [0.2, 0.25) is 21.8 Å². The van der Waals surface area contributed by atoms with E-state index in [-0.39, 0.29) is 24.2 Å². The van der Waals surface area contributed by atoms with Crippen LogP contribution in [0.15, 0.2) is 48.5 Å². The molecule has 0 fully saturated rings. The topological polar surface area (TPSA) is 96.0 Å². The molecule has 0 aromatic heterocycles. The normalized spacial score (nSPS) is 12.2. The lowest BCUT2D eigenvalue weighted by molar-refractivity contribution is -0.139. The molecule has 0 saturated carbocycles. The molecule has 8 nitrogen and oxygen atoms in total. The van der Waals surface area contributed by atoms with Gasteiger partial charge < -0.3 is 15.0 Å². The molecule has 0 aliphatic rings. The number of nitrogens with zero attached hydrogens (tertiary/aromatic N) is 2. The van der Waals surface area contributed by atoms with Crippen molar-refractivity contribution >= 4 is 27.5 Å². The summed E-state index contributed by atoms with van der Waals surface area (Å²) in [5.41, 5.74) is 0.854. The number of halogens is 1. The first kappa shape index (κ1) is 26.1. The smallest absolute Gasteiger partial charge is 0.244 e. The third kappa shape index (κ3) is 7.45. The summed E-state index contributed by atoms with van der Waals surface area (Å²) >= 11 is 0. The Balaban J connectivity index is 2.39. The van der Waals surface area contributed by atoms with E-state index in [0.717, 1.165) is 10.6 Å². The van der Waals surface area contributed by atoms with E-state index in [1.165, 1.54) is 42.3 Å². The summed E-state index contributed by atoms with van der Waals surface area (Å²) in [4.78, 5) is 27.3. The first-order valence-electron chi connectivity index (χ1n) is 10.4. The van der Waals surface area contributed by atoms with Gasteiger partial charge in [0.15, 0.2) is 0 Å². The molecule has 0 heterocycles. The van der Waals surface area contributed by atoms with Crippen molar-refractivity contribution in [3.05, 3.63) is 59.9 Å². The number of methoxy groups -OCH3 is 1. The third-order valence-electron chi connectivity index (χ3n) is 4.88. The summed E-state index contributed by atoms with van der Waals surface area (Å²) < 4.78 is 44.5. The number of ether oxygens (including phenoxy) is 1. The van der Waals surface area contributed by atoms with Crippen LogP contribution in [-0.2, 0) is 26.2 Å². The fourth-order valence-electron chi connectivity index (χ4n) is 3.15. The summed E-state index contributed by atoms with van der Waals surface area (Å²) in [5.74, 6) is -0.961. The van der Waals surface area contributed by atoms with Crippen molar-refractivity contribution in [2.24, 2.45) is 0 Å². The Morgan fingerprint density at radius 2 is 1.73 bits per heavy atom. The highest BCUT2D eigenvalue weighted by atomic mass is 32.2. The molecule has 0 bridgehead atoms. The molecule has 0 spiro atoms. The molecule has 180 valence electrons. The van der Waals surface area contributed by atoms with Gasteiger partial charge in [-0.05, 0) is 50.6 Å². The quantitative estimate of drug-likeness (QED) is 0.565. The minimum absolute atomic E-state index is 0.00150. The van der Waals surface area contributed by atoms with Crippen molar-refractivity contribution in [1.29, 1.82) is 0 Å². The number of nitrogens with one attached hydrogen (secondary N) is 1. The third-order valence-corrected chi connectivity index (χ3v) is 6.03. The van der Waals surface area contributed by atoms with E-state index in [9.17, 15) is 22.4 Å². The van der Waals surface area contributed by atoms with Crippen LogP contribution >= 0.6 is 0 Å². The van der Waals surface area contributed by atoms with E-state index < -0.39 is 34.3 Å². The second kappa shape index (κ2) is 11.1.